The number of amides is 1. The van der Waals surface area contributed by atoms with Crippen molar-refractivity contribution < 1.29 is 4.79 Å². The molecule has 0 spiro atoms. The molecule has 0 saturated heterocycles. The number of nitrogens with one attached hydrogen (secondary N) is 1. The van der Waals surface area contributed by atoms with Gasteiger partial charge in [0.1, 0.15) is 0 Å². The van der Waals surface area contributed by atoms with E-state index < -0.39 is 0 Å². The SMILES string of the molecule is C=C/C=C(\C=C/C)C(=O)NC(C)=NCC. The number of hydrogen-bond acceptors (Lipinski definition) is 2. The summed E-state index contributed by atoms with van der Waals surface area (Å²) in [6, 6.07) is 0. The number of amidine groups is 1. The van der Waals surface area contributed by atoms with Crippen molar-refractivity contribution in [2.75, 3.05) is 6.54 Å². The Hall–Kier alpha value is -1.64. The molecular formula is C12H18N2O. The lowest BCUT2D eigenvalue weighted by molar-refractivity contribution is -0.115. The van der Waals surface area contributed by atoms with E-state index in [1.54, 1.807) is 31.2 Å². The van der Waals surface area contributed by atoms with Crippen LogP contribution in [0.2, 0.25) is 0 Å². The lowest BCUT2D eigenvalue weighted by atomic mass is 10.2. The third kappa shape index (κ3) is 5.62. The first-order valence-corrected chi connectivity index (χ1v) is 4.93. The number of allylic oxidation sites excluding steroid dienone is 3. The average molecular weight is 206 g/mol. The van der Waals surface area contributed by atoms with E-state index in [9.17, 15) is 4.79 Å². The molecule has 82 valence electrons. The van der Waals surface area contributed by atoms with Gasteiger partial charge in [-0.05, 0) is 20.8 Å². The van der Waals surface area contributed by atoms with Crippen molar-refractivity contribution in [3.05, 3.63) is 36.5 Å². The van der Waals surface area contributed by atoms with Gasteiger partial charge in [-0.25, -0.2) is 0 Å². The summed E-state index contributed by atoms with van der Waals surface area (Å²) in [5.41, 5.74) is 0.568. The van der Waals surface area contributed by atoms with Crippen LogP contribution >= 0.6 is 0 Å². The molecule has 1 N–H and O–H groups in total. The highest BCUT2D eigenvalue weighted by Gasteiger charge is 2.05. The van der Waals surface area contributed by atoms with E-state index in [-0.39, 0.29) is 5.91 Å². The molecule has 0 aromatic rings. The molecule has 0 fully saturated rings. The highest BCUT2D eigenvalue weighted by atomic mass is 16.1. The second-order valence-electron chi connectivity index (χ2n) is 2.87. The van der Waals surface area contributed by atoms with Crippen LogP contribution in [-0.4, -0.2) is 18.3 Å². The van der Waals surface area contributed by atoms with Gasteiger partial charge in [-0.1, -0.05) is 30.9 Å². The van der Waals surface area contributed by atoms with Gasteiger partial charge in [0.15, 0.2) is 0 Å². The zero-order valence-corrected chi connectivity index (χ0v) is 9.58. The van der Waals surface area contributed by atoms with Crippen LogP contribution in [0.3, 0.4) is 0 Å². The molecule has 0 aliphatic rings. The van der Waals surface area contributed by atoms with Gasteiger partial charge in [-0.3, -0.25) is 9.79 Å². The Morgan fingerprint density at radius 2 is 2.20 bits per heavy atom. The molecule has 1 amide bonds. The summed E-state index contributed by atoms with van der Waals surface area (Å²) in [7, 11) is 0. The fourth-order valence-corrected chi connectivity index (χ4v) is 1.03. The molecular weight excluding hydrogens is 188 g/mol. The third-order valence-corrected chi connectivity index (χ3v) is 1.60. The Balaban J connectivity index is 4.60. The molecule has 0 aromatic heterocycles. The van der Waals surface area contributed by atoms with Gasteiger partial charge < -0.3 is 5.32 Å². The van der Waals surface area contributed by atoms with Crippen molar-refractivity contribution in [1.29, 1.82) is 0 Å². The van der Waals surface area contributed by atoms with Crippen LogP contribution in [0.1, 0.15) is 20.8 Å². The molecule has 0 radical (unpaired) electrons. The number of rotatable bonds is 4. The van der Waals surface area contributed by atoms with Gasteiger partial charge in [0.05, 0.1) is 5.84 Å². The average Bonchev–Trinajstić information content (AvgIpc) is 2.17. The highest BCUT2D eigenvalue weighted by Crippen LogP contribution is 1.97. The summed E-state index contributed by atoms with van der Waals surface area (Å²) >= 11 is 0. The largest absolute Gasteiger partial charge is 0.311 e. The lowest BCUT2D eigenvalue weighted by Crippen LogP contribution is -2.29. The topological polar surface area (TPSA) is 41.5 Å². The molecule has 15 heavy (non-hydrogen) atoms. The Bertz CT molecular complexity index is 312. The highest BCUT2D eigenvalue weighted by molar-refractivity contribution is 6.06. The summed E-state index contributed by atoms with van der Waals surface area (Å²) in [5.74, 6) is 0.463. The molecule has 0 unspecified atom stereocenters. The minimum Gasteiger partial charge on any atom is -0.311 e. The predicted octanol–water partition coefficient (Wildman–Crippen LogP) is 2.23. The van der Waals surface area contributed by atoms with Crippen LogP contribution < -0.4 is 5.32 Å². The van der Waals surface area contributed by atoms with Gasteiger partial charge >= 0.3 is 0 Å². The van der Waals surface area contributed by atoms with Crippen molar-refractivity contribution >= 4 is 11.7 Å². The van der Waals surface area contributed by atoms with Crippen LogP contribution in [0.25, 0.3) is 0 Å². The molecule has 0 aromatic carbocycles. The smallest absolute Gasteiger partial charge is 0.256 e. The van der Waals surface area contributed by atoms with Crippen molar-refractivity contribution in [1.82, 2.24) is 5.32 Å². The molecule has 0 aliphatic heterocycles. The van der Waals surface area contributed by atoms with Gasteiger partial charge in [0, 0.05) is 12.1 Å². The molecule has 0 atom stereocenters. The Labute approximate surface area is 91.3 Å². The van der Waals surface area contributed by atoms with Crippen LogP contribution in [0.4, 0.5) is 0 Å². The maximum absolute atomic E-state index is 11.6. The predicted molar refractivity (Wildman–Crippen MR) is 64.9 cm³/mol. The van der Waals surface area contributed by atoms with E-state index in [1.165, 1.54) is 0 Å². The van der Waals surface area contributed by atoms with E-state index in [1.807, 2.05) is 13.8 Å². The number of carbonyl (C=O) groups is 1. The van der Waals surface area contributed by atoms with E-state index in [0.717, 1.165) is 0 Å². The number of aliphatic imine (C=N–C) groups is 1. The zero-order chi connectivity index (χ0) is 11.7. The molecule has 3 heteroatoms. The van der Waals surface area contributed by atoms with E-state index in [4.69, 9.17) is 0 Å². The molecule has 0 rings (SSSR count). The molecule has 0 aliphatic carbocycles. The van der Waals surface area contributed by atoms with Gasteiger partial charge in [0.25, 0.3) is 5.91 Å². The van der Waals surface area contributed by atoms with Gasteiger partial charge in [-0.2, -0.15) is 0 Å². The Morgan fingerprint density at radius 3 is 2.67 bits per heavy atom. The first kappa shape index (κ1) is 13.4. The van der Waals surface area contributed by atoms with E-state index in [2.05, 4.69) is 16.9 Å². The van der Waals surface area contributed by atoms with Crippen LogP contribution in [-0.2, 0) is 4.79 Å². The maximum atomic E-state index is 11.6. The summed E-state index contributed by atoms with van der Waals surface area (Å²) in [5, 5.41) is 2.69. The summed E-state index contributed by atoms with van der Waals surface area (Å²) in [4.78, 5) is 15.7. The number of carbonyl (C=O) groups excluding carboxylic acids is 1. The van der Waals surface area contributed by atoms with Crippen LogP contribution in [0.15, 0.2) is 41.4 Å². The minimum atomic E-state index is -0.164. The normalized spacial score (nSPS) is 13.0. The monoisotopic (exact) mass is 206 g/mol. The number of hydrogen-bond donors (Lipinski definition) is 1. The van der Waals surface area contributed by atoms with Gasteiger partial charge in [0.2, 0.25) is 0 Å². The Morgan fingerprint density at radius 1 is 1.53 bits per heavy atom. The molecule has 0 heterocycles. The summed E-state index contributed by atoms with van der Waals surface area (Å²) < 4.78 is 0. The minimum absolute atomic E-state index is 0.164. The van der Waals surface area contributed by atoms with Crippen LogP contribution in [0.5, 0.6) is 0 Å². The second kappa shape index (κ2) is 7.74. The van der Waals surface area contributed by atoms with Crippen molar-refractivity contribution in [3.63, 3.8) is 0 Å². The van der Waals surface area contributed by atoms with Crippen molar-refractivity contribution in [2.24, 2.45) is 4.99 Å². The fraction of sp³-hybridized carbons (Fsp3) is 0.333. The van der Waals surface area contributed by atoms with Crippen molar-refractivity contribution in [3.8, 4) is 0 Å². The number of nitrogens with zero attached hydrogens (tertiary/aromatic N) is 1. The first-order valence-electron chi connectivity index (χ1n) is 4.93. The molecule has 3 nitrogen and oxygen atoms in total. The lowest BCUT2D eigenvalue weighted by Gasteiger charge is -2.04. The van der Waals surface area contributed by atoms with Gasteiger partial charge in [-0.15, -0.1) is 0 Å². The maximum Gasteiger partial charge on any atom is 0.256 e. The third-order valence-electron chi connectivity index (χ3n) is 1.60. The van der Waals surface area contributed by atoms with E-state index >= 15 is 0 Å². The summed E-state index contributed by atoms with van der Waals surface area (Å²) in [6.45, 7) is 9.77. The summed E-state index contributed by atoms with van der Waals surface area (Å²) in [6.07, 6.45) is 6.78. The van der Waals surface area contributed by atoms with Crippen molar-refractivity contribution in [2.45, 2.75) is 20.8 Å². The standard InChI is InChI=1S/C12H18N2O/c1-5-8-11(9-6-2)12(15)14-10(4)13-7-3/h5-6,8-9H,1,7H2,2-4H3,(H,13,14,15)/b9-6-,11-8+. The van der Waals surface area contributed by atoms with Crippen LogP contribution in [0, 0.1) is 0 Å². The Kier molecular flexibility index (Phi) is 6.89. The second-order valence-corrected chi connectivity index (χ2v) is 2.87. The zero-order valence-electron chi connectivity index (χ0n) is 9.58. The molecule has 0 saturated carbocycles. The quantitative estimate of drug-likeness (QED) is 0.326. The molecule has 0 bridgehead atoms. The van der Waals surface area contributed by atoms with E-state index in [0.29, 0.717) is 18.0 Å². The first-order chi connectivity index (χ1) is 7.15. The fourth-order valence-electron chi connectivity index (χ4n) is 1.03.